The standard InChI is InChI=1S/C24H34ClN7O5S/c1-5-14-19(25)29-20(26-14)21(33)27-15-7-8-32(13-16(15)36-4)24-28-17(18(38-24)23(35)37-6-2)22(34)31-11-9-30(3)10-12-31/h15-16H,5-13H2,1-4H3,(H,26,29)(H,27,33). The van der Waals surface area contributed by atoms with Gasteiger partial charge in [-0.05, 0) is 26.8 Å². The number of aromatic amines is 1. The van der Waals surface area contributed by atoms with Crippen molar-refractivity contribution in [3.8, 4) is 0 Å². The lowest BCUT2D eigenvalue weighted by molar-refractivity contribution is 0.0519. The number of anilines is 1. The number of H-pyrrole nitrogens is 1. The molecule has 12 nitrogen and oxygen atoms in total. The van der Waals surface area contributed by atoms with Crippen molar-refractivity contribution < 1.29 is 23.9 Å². The molecule has 2 unspecified atom stereocenters. The number of aromatic nitrogens is 3. The van der Waals surface area contributed by atoms with Crippen LogP contribution in [0.25, 0.3) is 0 Å². The molecular formula is C24H34ClN7O5S. The minimum absolute atomic E-state index is 0.124. The number of hydrogen-bond donors (Lipinski definition) is 2. The average Bonchev–Trinajstić information content (AvgIpc) is 3.53. The first-order valence-electron chi connectivity index (χ1n) is 12.7. The maximum atomic E-state index is 13.3. The van der Waals surface area contributed by atoms with E-state index in [-0.39, 0.29) is 47.0 Å². The SMILES string of the molecule is CCOC(=O)c1sc(N2CCC(NC(=O)c3nc(Cl)c(CC)[nH]3)C(OC)C2)nc1C(=O)N1CCN(C)CC1. The summed E-state index contributed by atoms with van der Waals surface area (Å²) >= 11 is 7.24. The average molecular weight is 568 g/mol. The molecule has 2 atom stereocenters. The Labute approximate surface area is 230 Å². The van der Waals surface area contributed by atoms with E-state index in [0.29, 0.717) is 55.0 Å². The van der Waals surface area contributed by atoms with Gasteiger partial charge >= 0.3 is 5.97 Å². The van der Waals surface area contributed by atoms with Gasteiger partial charge in [0.25, 0.3) is 11.8 Å². The second-order valence-electron chi connectivity index (χ2n) is 9.29. The number of thiazole rings is 1. The maximum Gasteiger partial charge on any atom is 0.350 e. The third-order valence-corrected chi connectivity index (χ3v) is 8.22. The van der Waals surface area contributed by atoms with Crippen molar-refractivity contribution in [2.75, 3.05) is 64.9 Å². The van der Waals surface area contributed by atoms with Gasteiger partial charge in [-0.1, -0.05) is 29.9 Å². The van der Waals surface area contributed by atoms with E-state index in [1.807, 2.05) is 18.9 Å². The van der Waals surface area contributed by atoms with Gasteiger partial charge in [-0.25, -0.2) is 14.8 Å². The Kier molecular flexibility index (Phi) is 9.23. The van der Waals surface area contributed by atoms with Crippen LogP contribution in [-0.4, -0.2) is 115 Å². The highest BCUT2D eigenvalue weighted by atomic mass is 35.5. The largest absolute Gasteiger partial charge is 0.462 e. The van der Waals surface area contributed by atoms with Crippen LogP contribution in [0.1, 0.15) is 56.7 Å². The Balaban J connectivity index is 1.49. The number of esters is 1. The number of nitrogens with zero attached hydrogens (tertiary/aromatic N) is 5. The molecule has 0 saturated carbocycles. The minimum Gasteiger partial charge on any atom is -0.462 e. The zero-order chi connectivity index (χ0) is 27.4. The first kappa shape index (κ1) is 28.3. The summed E-state index contributed by atoms with van der Waals surface area (Å²) in [6.07, 6.45) is 0.851. The van der Waals surface area contributed by atoms with Crippen LogP contribution in [-0.2, 0) is 15.9 Å². The van der Waals surface area contributed by atoms with Crippen LogP contribution < -0.4 is 10.2 Å². The fraction of sp³-hybridized carbons (Fsp3) is 0.625. The lowest BCUT2D eigenvalue weighted by atomic mass is 10.0. The summed E-state index contributed by atoms with van der Waals surface area (Å²) < 4.78 is 10.9. The lowest BCUT2D eigenvalue weighted by Gasteiger charge is -2.37. The molecular weight excluding hydrogens is 534 g/mol. The van der Waals surface area contributed by atoms with E-state index in [1.165, 1.54) is 0 Å². The molecule has 208 valence electrons. The molecule has 0 radical (unpaired) electrons. The fourth-order valence-corrected chi connectivity index (χ4v) is 5.80. The number of halogens is 1. The van der Waals surface area contributed by atoms with Gasteiger partial charge < -0.3 is 34.5 Å². The normalized spacial score (nSPS) is 20.4. The first-order valence-corrected chi connectivity index (χ1v) is 13.9. The Morgan fingerprint density at radius 3 is 2.53 bits per heavy atom. The van der Waals surface area contributed by atoms with Gasteiger partial charge in [0.05, 0.1) is 24.4 Å². The summed E-state index contributed by atoms with van der Waals surface area (Å²) in [5.41, 5.74) is 0.830. The highest BCUT2D eigenvalue weighted by Gasteiger charge is 2.35. The van der Waals surface area contributed by atoms with E-state index in [9.17, 15) is 14.4 Å². The predicted molar refractivity (Wildman–Crippen MR) is 143 cm³/mol. The predicted octanol–water partition coefficient (Wildman–Crippen LogP) is 1.67. The van der Waals surface area contributed by atoms with Crippen LogP contribution in [0.4, 0.5) is 5.13 Å². The Bertz CT molecular complexity index is 1160. The van der Waals surface area contributed by atoms with E-state index in [4.69, 9.17) is 21.1 Å². The number of carbonyl (C=O) groups excluding carboxylic acids is 3. The monoisotopic (exact) mass is 567 g/mol. The zero-order valence-corrected chi connectivity index (χ0v) is 23.7. The molecule has 38 heavy (non-hydrogen) atoms. The molecule has 4 heterocycles. The number of piperidine rings is 1. The highest BCUT2D eigenvalue weighted by Crippen LogP contribution is 2.31. The summed E-state index contributed by atoms with van der Waals surface area (Å²) in [4.78, 5) is 56.6. The molecule has 2 amide bonds. The van der Waals surface area contributed by atoms with Crippen LogP contribution in [0.3, 0.4) is 0 Å². The van der Waals surface area contributed by atoms with Crippen molar-refractivity contribution in [3.05, 3.63) is 27.2 Å². The summed E-state index contributed by atoms with van der Waals surface area (Å²) in [6.45, 7) is 7.47. The van der Waals surface area contributed by atoms with Gasteiger partial charge in [0, 0.05) is 46.4 Å². The second kappa shape index (κ2) is 12.4. The quantitative estimate of drug-likeness (QED) is 0.457. The molecule has 2 saturated heterocycles. The third-order valence-electron chi connectivity index (χ3n) is 6.82. The molecule has 4 rings (SSSR count). The first-order chi connectivity index (χ1) is 18.2. The number of piperazine rings is 1. The summed E-state index contributed by atoms with van der Waals surface area (Å²) in [6, 6.07) is -0.270. The molecule has 2 fully saturated rings. The molecule has 2 aromatic rings. The zero-order valence-electron chi connectivity index (χ0n) is 22.1. The number of likely N-dealkylation sites (N-methyl/N-ethyl adjacent to an activating group) is 1. The molecule has 2 N–H and O–H groups in total. The van der Waals surface area contributed by atoms with Crippen molar-refractivity contribution in [2.45, 2.75) is 38.8 Å². The lowest BCUT2D eigenvalue weighted by Crippen LogP contribution is -2.55. The maximum absolute atomic E-state index is 13.3. The molecule has 2 aliphatic rings. The number of methoxy groups -OCH3 is 1. The molecule has 2 aliphatic heterocycles. The van der Waals surface area contributed by atoms with Crippen molar-refractivity contribution >= 4 is 45.9 Å². The smallest absolute Gasteiger partial charge is 0.350 e. The topological polar surface area (TPSA) is 133 Å². The van der Waals surface area contributed by atoms with Gasteiger partial charge in [-0.15, -0.1) is 0 Å². The van der Waals surface area contributed by atoms with Crippen molar-refractivity contribution in [3.63, 3.8) is 0 Å². The van der Waals surface area contributed by atoms with Gasteiger partial charge in [0.1, 0.15) is 4.88 Å². The molecule has 2 aromatic heterocycles. The van der Waals surface area contributed by atoms with E-state index >= 15 is 0 Å². The van der Waals surface area contributed by atoms with Crippen molar-refractivity contribution in [2.24, 2.45) is 0 Å². The number of nitrogens with one attached hydrogen (secondary N) is 2. The summed E-state index contributed by atoms with van der Waals surface area (Å²) in [7, 11) is 3.60. The van der Waals surface area contributed by atoms with E-state index in [0.717, 1.165) is 24.4 Å². The van der Waals surface area contributed by atoms with Gasteiger partial charge in [0.15, 0.2) is 21.8 Å². The number of rotatable bonds is 8. The van der Waals surface area contributed by atoms with Gasteiger partial charge in [-0.3, -0.25) is 9.59 Å². The summed E-state index contributed by atoms with van der Waals surface area (Å²) in [5.74, 6) is -1.01. The number of ether oxygens (including phenoxy) is 2. The van der Waals surface area contributed by atoms with Crippen LogP contribution in [0, 0.1) is 0 Å². The Morgan fingerprint density at radius 2 is 1.89 bits per heavy atom. The van der Waals surface area contributed by atoms with E-state index < -0.39 is 5.97 Å². The van der Waals surface area contributed by atoms with Crippen LogP contribution in [0.5, 0.6) is 0 Å². The van der Waals surface area contributed by atoms with Crippen LogP contribution in [0.2, 0.25) is 5.15 Å². The molecule has 0 spiro atoms. The van der Waals surface area contributed by atoms with Crippen LogP contribution in [0.15, 0.2) is 0 Å². The number of carbonyl (C=O) groups is 3. The number of imidazole rings is 1. The minimum atomic E-state index is -0.553. The molecule has 0 bridgehead atoms. The van der Waals surface area contributed by atoms with Crippen molar-refractivity contribution in [1.82, 2.24) is 30.1 Å². The Hall–Kier alpha value is -2.74. The summed E-state index contributed by atoms with van der Waals surface area (Å²) in [5, 5.41) is 3.83. The third kappa shape index (κ3) is 6.11. The Morgan fingerprint density at radius 1 is 1.16 bits per heavy atom. The van der Waals surface area contributed by atoms with Gasteiger partial charge in [0.2, 0.25) is 0 Å². The number of hydrogen-bond acceptors (Lipinski definition) is 10. The highest BCUT2D eigenvalue weighted by molar-refractivity contribution is 7.17. The van der Waals surface area contributed by atoms with Gasteiger partial charge in [-0.2, -0.15) is 0 Å². The number of amides is 2. The number of aryl methyl sites for hydroxylation is 1. The molecule has 0 aromatic carbocycles. The van der Waals surface area contributed by atoms with E-state index in [1.54, 1.807) is 18.9 Å². The van der Waals surface area contributed by atoms with E-state index in [2.05, 4.69) is 25.2 Å². The van der Waals surface area contributed by atoms with Crippen molar-refractivity contribution in [1.29, 1.82) is 0 Å². The molecule has 0 aliphatic carbocycles. The molecule has 14 heteroatoms. The fourth-order valence-electron chi connectivity index (χ4n) is 4.54. The van der Waals surface area contributed by atoms with Crippen LogP contribution >= 0.6 is 22.9 Å². The second-order valence-corrected chi connectivity index (χ2v) is 10.6.